The Balaban J connectivity index is 2.24. The number of Topliss-reactive ketones (excluding diaryl/α,β-unsaturated/α-hetero) is 1. The summed E-state index contributed by atoms with van der Waals surface area (Å²) in [6.07, 6.45) is 0.979. The first-order valence-electron chi connectivity index (χ1n) is 7.02. The van der Waals surface area contributed by atoms with Crippen molar-refractivity contribution in [3.05, 3.63) is 57.0 Å². The van der Waals surface area contributed by atoms with Gasteiger partial charge in [-0.2, -0.15) is 0 Å². The Morgan fingerprint density at radius 1 is 1.23 bits per heavy atom. The highest BCUT2D eigenvalue weighted by molar-refractivity contribution is 9.11. The van der Waals surface area contributed by atoms with E-state index in [1.54, 1.807) is 18.2 Å². The maximum Gasteiger partial charge on any atom is 0.204 e. The molecule has 1 unspecified atom stereocenters. The van der Waals surface area contributed by atoms with Crippen LogP contribution >= 0.6 is 31.9 Å². The number of halogens is 2. The molecule has 0 saturated carbocycles. The number of nitrogens with two attached hydrogens (primary N) is 1. The number of benzene rings is 2. The van der Waals surface area contributed by atoms with E-state index in [0.717, 1.165) is 15.4 Å². The van der Waals surface area contributed by atoms with E-state index in [9.17, 15) is 4.79 Å². The minimum atomic E-state index is -0.524. The molecule has 0 radical (unpaired) electrons. The molecule has 0 aromatic heterocycles. The first-order valence-corrected chi connectivity index (χ1v) is 8.61. The summed E-state index contributed by atoms with van der Waals surface area (Å²) in [5, 5.41) is 0. The number of ether oxygens (including phenoxy) is 1. The van der Waals surface area contributed by atoms with Gasteiger partial charge in [-0.05, 0) is 36.8 Å². The summed E-state index contributed by atoms with van der Waals surface area (Å²) in [6, 6.07) is 12.6. The van der Waals surface area contributed by atoms with Crippen LogP contribution in [0.15, 0.2) is 51.4 Å². The van der Waals surface area contributed by atoms with Crippen LogP contribution in [0, 0.1) is 0 Å². The molecule has 0 bridgehead atoms. The number of rotatable bonds is 6. The lowest BCUT2D eigenvalue weighted by molar-refractivity contribution is 0.0776. The Kier molecular flexibility index (Phi) is 6.03. The van der Waals surface area contributed by atoms with Gasteiger partial charge in [0.05, 0.1) is 0 Å². The van der Waals surface area contributed by atoms with Gasteiger partial charge in [-0.1, -0.05) is 51.3 Å². The Hall–Kier alpha value is -1.33. The van der Waals surface area contributed by atoms with Crippen molar-refractivity contribution in [1.82, 2.24) is 0 Å². The number of carbonyl (C=O) groups is 1. The van der Waals surface area contributed by atoms with Crippen molar-refractivity contribution in [3.8, 4) is 5.75 Å². The topological polar surface area (TPSA) is 52.3 Å². The highest BCUT2D eigenvalue weighted by Crippen LogP contribution is 2.26. The third kappa shape index (κ3) is 4.34. The summed E-state index contributed by atoms with van der Waals surface area (Å²) in [5.41, 5.74) is 6.99. The Morgan fingerprint density at radius 3 is 2.64 bits per heavy atom. The zero-order chi connectivity index (χ0) is 16.1. The molecule has 0 aliphatic rings. The van der Waals surface area contributed by atoms with Crippen molar-refractivity contribution in [2.75, 3.05) is 5.73 Å². The fourth-order valence-electron chi connectivity index (χ4n) is 2.12. The first-order chi connectivity index (χ1) is 10.5. The third-order valence-corrected chi connectivity index (χ3v) is 4.33. The monoisotopic (exact) mass is 425 g/mol. The van der Waals surface area contributed by atoms with E-state index in [1.807, 2.05) is 31.2 Å². The molecule has 0 fully saturated rings. The summed E-state index contributed by atoms with van der Waals surface area (Å²) in [5.74, 6) is 0.573. The Morgan fingerprint density at radius 2 is 2.00 bits per heavy atom. The summed E-state index contributed by atoms with van der Waals surface area (Å²) >= 11 is 6.83. The molecule has 22 heavy (non-hydrogen) atoms. The molecule has 0 saturated heterocycles. The van der Waals surface area contributed by atoms with Gasteiger partial charge in [-0.25, -0.2) is 0 Å². The molecular weight excluding hydrogens is 410 g/mol. The molecule has 2 aromatic carbocycles. The van der Waals surface area contributed by atoms with Crippen LogP contribution in [0.1, 0.15) is 30.1 Å². The second kappa shape index (κ2) is 7.79. The molecule has 116 valence electrons. The van der Waals surface area contributed by atoms with Crippen LogP contribution in [0.2, 0.25) is 0 Å². The van der Waals surface area contributed by atoms with Crippen molar-refractivity contribution in [2.24, 2.45) is 0 Å². The van der Waals surface area contributed by atoms with Crippen LogP contribution in [0.4, 0.5) is 5.69 Å². The summed E-state index contributed by atoms with van der Waals surface area (Å²) in [7, 11) is 0. The largest absolute Gasteiger partial charge is 0.482 e. The molecular formula is C17H17Br2NO2. The maximum atomic E-state index is 12.8. The van der Waals surface area contributed by atoms with E-state index in [0.29, 0.717) is 23.4 Å². The molecule has 5 heteroatoms. The van der Waals surface area contributed by atoms with Crippen molar-refractivity contribution in [3.63, 3.8) is 0 Å². The van der Waals surface area contributed by atoms with Gasteiger partial charge >= 0.3 is 0 Å². The average molecular weight is 427 g/mol. The molecule has 2 N–H and O–H groups in total. The van der Waals surface area contributed by atoms with Gasteiger partial charge in [0.15, 0.2) is 6.10 Å². The SMILES string of the molecule is CCCC(Oc1cccc(N)c1)C(=O)c1ccc(Br)cc1Br. The van der Waals surface area contributed by atoms with Crippen LogP contribution in [-0.2, 0) is 0 Å². The quantitative estimate of drug-likeness (QED) is 0.508. The fraction of sp³-hybridized carbons (Fsp3) is 0.235. The zero-order valence-corrected chi connectivity index (χ0v) is 15.4. The van der Waals surface area contributed by atoms with Gasteiger partial charge in [0.25, 0.3) is 0 Å². The van der Waals surface area contributed by atoms with Crippen molar-refractivity contribution in [2.45, 2.75) is 25.9 Å². The molecule has 3 nitrogen and oxygen atoms in total. The lowest BCUT2D eigenvalue weighted by Crippen LogP contribution is -2.27. The molecule has 0 aliphatic heterocycles. The number of hydrogen-bond acceptors (Lipinski definition) is 3. The summed E-state index contributed by atoms with van der Waals surface area (Å²) in [4.78, 5) is 12.8. The molecule has 0 aliphatic carbocycles. The molecule has 0 heterocycles. The van der Waals surface area contributed by atoms with Gasteiger partial charge in [0, 0.05) is 26.3 Å². The van der Waals surface area contributed by atoms with Crippen LogP contribution in [-0.4, -0.2) is 11.9 Å². The molecule has 1 atom stereocenters. The molecule has 0 amide bonds. The normalized spacial score (nSPS) is 12.0. The standard InChI is InChI=1S/C17H17Br2NO2/c1-2-4-16(22-13-6-3-5-12(20)10-13)17(21)14-8-7-11(18)9-15(14)19/h3,5-10,16H,2,4,20H2,1H3. The number of carbonyl (C=O) groups excluding carboxylic acids is 1. The molecule has 2 aromatic rings. The van der Waals surface area contributed by atoms with Gasteiger partial charge in [-0.15, -0.1) is 0 Å². The maximum absolute atomic E-state index is 12.8. The highest BCUT2D eigenvalue weighted by Gasteiger charge is 2.23. The average Bonchev–Trinajstić information content (AvgIpc) is 2.46. The summed E-state index contributed by atoms with van der Waals surface area (Å²) < 4.78 is 7.55. The fourth-order valence-corrected chi connectivity index (χ4v) is 3.36. The van der Waals surface area contributed by atoms with Crippen LogP contribution < -0.4 is 10.5 Å². The number of nitrogen functional groups attached to an aromatic ring is 1. The lowest BCUT2D eigenvalue weighted by Gasteiger charge is -2.18. The lowest BCUT2D eigenvalue weighted by atomic mass is 10.0. The van der Waals surface area contributed by atoms with E-state index in [2.05, 4.69) is 31.9 Å². The highest BCUT2D eigenvalue weighted by atomic mass is 79.9. The second-order valence-electron chi connectivity index (χ2n) is 4.96. The van der Waals surface area contributed by atoms with E-state index >= 15 is 0 Å². The van der Waals surface area contributed by atoms with E-state index in [-0.39, 0.29) is 5.78 Å². The number of ketones is 1. The summed E-state index contributed by atoms with van der Waals surface area (Å²) in [6.45, 7) is 2.03. The van der Waals surface area contributed by atoms with Gasteiger partial charge < -0.3 is 10.5 Å². The minimum Gasteiger partial charge on any atom is -0.482 e. The molecule has 0 spiro atoms. The zero-order valence-electron chi connectivity index (χ0n) is 12.2. The van der Waals surface area contributed by atoms with Gasteiger partial charge in [0.1, 0.15) is 5.75 Å². The Bertz CT molecular complexity index is 673. The van der Waals surface area contributed by atoms with E-state index in [1.165, 1.54) is 0 Å². The van der Waals surface area contributed by atoms with Crippen molar-refractivity contribution in [1.29, 1.82) is 0 Å². The van der Waals surface area contributed by atoms with Crippen LogP contribution in [0.3, 0.4) is 0 Å². The molecule has 2 rings (SSSR count). The van der Waals surface area contributed by atoms with Crippen LogP contribution in [0.5, 0.6) is 5.75 Å². The predicted molar refractivity (Wildman–Crippen MR) is 96.4 cm³/mol. The third-order valence-electron chi connectivity index (χ3n) is 3.18. The van der Waals surface area contributed by atoms with Crippen molar-refractivity contribution >= 4 is 43.3 Å². The minimum absolute atomic E-state index is 0.0383. The number of hydrogen-bond donors (Lipinski definition) is 1. The Labute approximate surface area is 147 Å². The second-order valence-corrected chi connectivity index (χ2v) is 6.73. The smallest absolute Gasteiger partial charge is 0.204 e. The van der Waals surface area contributed by atoms with Gasteiger partial charge in [0.2, 0.25) is 5.78 Å². The van der Waals surface area contributed by atoms with Crippen LogP contribution in [0.25, 0.3) is 0 Å². The van der Waals surface area contributed by atoms with Gasteiger partial charge in [-0.3, -0.25) is 4.79 Å². The first kappa shape index (κ1) is 17.0. The van der Waals surface area contributed by atoms with Crippen molar-refractivity contribution < 1.29 is 9.53 Å². The number of anilines is 1. The van der Waals surface area contributed by atoms with E-state index in [4.69, 9.17) is 10.5 Å². The predicted octanol–water partition coefficient (Wildman–Crippen LogP) is 5.22. The van der Waals surface area contributed by atoms with E-state index < -0.39 is 6.10 Å².